The molecule has 0 atom stereocenters. The van der Waals surface area contributed by atoms with Gasteiger partial charge in [-0.2, -0.15) is 0 Å². The van der Waals surface area contributed by atoms with Gasteiger partial charge in [0.05, 0.1) is 0 Å². The van der Waals surface area contributed by atoms with Gasteiger partial charge in [0.2, 0.25) is 5.24 Å². The van der Waals surface area contributed by atoms with E-state index in [4.69, 9.17) is 11.6 Å². The van der Waals surface area contributed by atoms with Crippen LogP contribution in [0.5, 0.6) is 0 Å². The van der Waals surface area contributed by atoms with Crippen molar-refractivity contribution in [2.24, 2.45) is 0 Å². The summed E-state index contributed by atoms with van der Waals surface area (Å²) in [6.45, 7) is 6.13. The van der Waals surface area contributed by atoms with Crippen LogP contribution in [-0.2, 0) is 9.59 Å². The van der Waals surface area contributed by atoms with E-state index in [1.54, 1.807) is 0 Å². The van der Waals surface area contributed by atoms with Crippen molar-refractivity contribution in [1.29, 1.82) is 0 Å². The van der Waals surface area contributed by atoms with Gasteiger partial charge < -0.3 is 4.79 Å². The second kappa shape index (κ2) is 7.37. The molecule has 0 radical (unpaired) electrons. The average molecular weight is 149 g/mol. The van der Waals surface area contributed by atoms with Crippen LogP contribution in [0.3, 0.4) is 0 Å². The Balaban J connectivity index is 0. The van der Waals surface area contributed by atoms with E-state index in [9.17, 15) is 9.59 Å². The van der Waals surface area contributed by atoms with Gasteiger partial charge >= 0.3 is 0 Å². The third kappa shape index (κ3) is 113. The van der Waals surface area contributed by atoms with E-state index < -0.39 is 5.24 Å². The Morgan fingerprint density at radius 1 is 1.44 bits per heavy atom. The lowest BCUT2D eigenvalue weighted by molar-refractivity contribution is -0.115. The summed E-state index contributed by atoms with van der Waals surface area (Å²) in [5, 5.41) is -0.509. The maximum Gasteiger partial charge on any atom is 0.244 e. The number of ketones is 1. The standard InChI is InChI=1S/C3H3ClO.C3H6O/c1-2-3(4)5;1-3(2)4/h2H,1H2;1-2H3. The fourth-order valence-corrected chi connectivity index (χ4v) is 0. The topological polar surface area (TPSA) is 34.1 Å². The van der Waals surface area contributed by atoms with Crippen molar-refractivity contribution < 1.29 is 9.59 Å². The lowest BCUT2D eigenvalue weighted by atomic mass is 10.6. The molecule has 0 heterocycles. The lowest BCUT2D eigenvalue weighted by Gasteiger charge is -1.59. The van der Waals surface area contributed by atoms with Crippen LogP contribution in [0.1, 0.15) is 13.8 Å². The second-order valence-corrected chi connectivity index (χ2v) is 1.79. The number of carbonyl (C=O) groups excluding carboxylic acids is 2. The molecule has 0 aromatic heterocycles. The molecule has 9 heavy (non-hydrogen) atoms. The molecule has 0 aliphatic heterocycles. The molecular weight excluding hydrogens is 140 g/mol. The van der Waals surface area contributed by atoms with E-state index in [0.717, 1.165) is 6.08 Å². The minimum Gasteiger partial charge on any atom is -0.300 e. The van der Waals surface area contributed by atoms with Gasteiger partial charge in [0.25, 0.3) is 0 Å². The van der Waals surface area contributed by atoms with Crippen molar-refractivity contribution in [3.63, 3.8) is 0 Å². The monoisotopic (exact) mass is 148 g/mol. The normalized spacial score (nSPS) is 6.56. The highest BCUT2D eigenvalue weighted by Gasteiger charge is 1.74. The summed E-state index contributed by atoms with van der Waals surface area (Å²) >= 11 is 4.71. The number of rotatable bonds is 1. The summed E-state index contributed by atoms with van der Waals surface area (Å²) in [5.41, 5.74) is 0. The fourth-order valence-electron chi connectivity index (χ4n) is 0. The number of hydrogen-bond donors (Lipinski definition) is 0. The zero-order chi connectivity index (χ0) is 7.86. The van der Waals surface area contributed by atoms with Crippen LogP contribution in [0.15, 0.2) is 12.7 Å². The quantitative estimate of drug-likeness (QED) is 0.418. The largest absolute Gasteiger partial charge is 0.300 e. The van der Waals surface area contributed by atoms with Crippen LogP contribution >= 0.6 is 11.6 Å². The van der Waals surface area contributed by atoms with Crippen molar-refractivity contribution in [2.75, 3.05) is 0 Å². The molecule has 0 aromatic rings. The number of allylic oxidation sites excluding steroid dienone is 1. The lowest BCUT2D eigenvalue weighted by Crippen LogP contribution is -1.69. The van der Waals surface area contributed by atoms with Crippen molar-refractivity contribution >= 4 is 22.6 Å². The number of Topliss-reactive ketones (excluding diaryl/α,β-unsaturated/α-hetero) is 1. The van der Waals surface area contributed by atoms with E-state index >= 15 is 0 Å². The van der Waals surface area contributed by atoms with Gasteiger partial charge in [-0.05, 0) is 31.5 Å². The molecule has 0 saturated carbocycles. The Labute approximate surface area is 59.5 Å². The maximum atomic E-state index is 9.46. The number of hydrogen-bond acceptors (Lipinski definition) is 2. The molecule has 0 N–H and O–H groups in total. The molecular formula is C6H9ClO2. The third-order valence-corrected chi connectivity index (χ3v) is 0.315. The van der Waals surface area contributed by atoms with Gasteiger partial charge in [-0.3, -0.25) is 4.79 Å². The van der Waals surface area contributed by atoms with Crippen LogP contribution in [0, 0.1) is 0 Å². The van der Waals surface area contributed by atoms with Crippen LogP contribution in [0.25, 0.3) is 0 Å². The first kappa shape index (κ1) is 11.2. The molecule has 3 heteroatoms. The molecule has 0 spiro atoms. The molecule has 0 aliphatic rings. The van der Waals surface area contributed by atoms with E-state index in [0.29, 0.717) is 0 Å². The molecule has 0 fully saturated rings. The highest BCUT2D eigenvalue weighted by atomic mass is 35.5. The smallest absolute Gasteiger partial charge is 0.244 e. The SMILES string of the molecule is C=CC(=O)Cl.CC(C)=O. The van der Waals surface area contributed by atoms with Crippen LogP contribution < -0.4 is 0 Å². The van der Waals surface area contributed by atoms with Crippen LogP contribution in [-0.4, -0.2) is 11.0 Å². The number of halogens is 1. The molecule has 0 rings (SSSR count). The first-order valence-electron chi connectivity index (χ1n) is 2.29. The Kier molecular flexibility index (Phi) is 9.18. The van der Waals surface area contributed by atoms with E-state index in [1.807, 2.05) is 0 Å². The number of carbonyl (C=O) groups is 2. The van der Waals surface area contributed by atoms with Crippen LogP contribution in [0.2, 0.25) is 0 Å². The molecule has 0 amide bonds. The highest BCUT2D eigenvalue weighted by Crippen LogP contribution is 1.74. The molecule has 0 aromatic carbocycles. The van der Waals surface area contributed by atoms with Gasteiger partial charge in [0.15, 0.2) is 0 Å². The van der Waals surface area contributed by atoms with Crippen molar-refractivity contribution in [2.45, 2.75) is 13.8 Å². The average Bonchev–Trinajstić information content (AvgIpc) is 1.65. The van der Waals surface area contributed by atoms with Crippen molar-refractivity contribution in [3.05, 3.63) is 12.7 Å². The molecule has 0 bridgehead atoms. The highest BCUT2D eigenvalue weighted by molar-refractivity contribution is 6.66. The Hall–Kier alpha value is -0.630. The van der Waals surface area contributed by atoms with Gasteiger partial charge in [-0.15, -0.1) is 0 Å². The summed E-state index contributed by atoms with van der Waals surface area (Å²) in [4.78, 5) is 18.9. The molecule has 0 saturated heterocycles. The van der Waals surface area contributed by atoms with Crippen molar-refractivity contribution in [3.8, 4) is 0 Å². The fraction of sp³-hybridized carbons (Fsp3) is 0.333. The molecule has 52 valence electrons. The Bertz CT molecular complexity index is 114. The first-order valence-corrected chi connectivity index (χ1v) is 2.67. The third-order valence-electron chi connectivity index (χ3n) is 0.160. The Morgan fingerprint density at radius 2 is 1.56 bits per heavy atom. The van der Waals surface area contributed by atoms with E-state index in [1.165, 1.54) is 13.8 Å². The minimum absolute atomic E-state index is 0.167. The van der Waals surface area contributed by atoms with E-state index in [-0.39, 0.29) is 5.78 Å². The van der Waals surface area contributed by atoms with Crippen LogP contribution in [0.4, 0.5) is 0 Å². The molecule has 0 aliphatic carbocycles. The summed E-state index contributed by atoms with van der Waals surface area (Å²) in [6.07, 6.45) is 1.04. The molecule has 2 nitrogen and oxygen atoms in total. The second-order valence-electron chi connectivity index (χ2n) is 1.42. The summed E-state index contributed by atoms with van der Waals surface area (Å²) in [6, 6.07) is 0. The molecule has 0 unspecified atom stereocenters. The van der Waals surface area contributed by atoms with E-state index in [2.05, 4.69) is 6.58 Å². The first-order chi connectivity index (χ1) is 4.00. The summed E-state index contributed by atoms with van der Waals surface area (Å²) in [7, 11) is 0. The predicted octanol–water partition coefficient (Wildman–Crippen LogP) is 1.53. The van der Waals surface area contributed by atoms with Gasteiger partial charge in [-0.1, -0.05) is 6.58 Å². The van der Waals surface area contributed by atoms with Gasteiger partial charge in [-0.25, -0.2) is 0 Å². The summed E-state index contributed by atoms with van der Waals surface area (Å²) < 4.78 is 0. The zero-order valence-electron chi connectivity index (χ0n) is 5.48. The maximum absolute atomic E-state index is 9.46. The predicted molar refractivity (Wildman–Crippen MR) is 37.4 cm³/mol. The van der Waals surface area contributed by atoms with Gasteiger partial charge in [0, 0.05) is 0 Å². The zero-order valence-corrected chi connectivity index (χ0v) is 6.23. The van der Waals surface area contributed by atoms with Crippen molar-refractivity contribution in [1.82, 2.24) is 0 Å². The Morgan fingerprint density at radius 3 is 1.56 bits per heavy atom. The summed E-state index contributed by atoms with van der Waals surface area (Å²) in [5.74, 6) is 0.167. The van der Waals surface area contributed by atoms with Gasteiger partial charge in [0.1, 0.15) is 5.78 Å². The minimum atomic E-state index is -0.509.